The number of amides is 1. The molecule has 2 atom stereocenters. The highest BCUT2D eigenvalue weighted by Gasteiger charge is 2.33. The van der Waals surface area contributed by atoms with E-state index in [4.69, 9.17) is 10.8 Å². The summed E-state index contributed by atoms with van der Waals surface area (Å²) in [7, 11) is 0. The van der Waals surface area contributed by atoms with Crippen molar-refractivity contribution in [2.75, 3.05) is 6.54 Å². The van der Waals surface area contributed by atoms with Crippen LogP contribution in [0.4, 0.5) is 0 Å². The molecule has 0 saturated carbocycles. The number of rotatable bonds is 7. The third-order valence-corrected chi connectivity index (χ3v) is 2.57. The van der Waals surface area contributed by atoms with Crippen molar-refractivity contribution in [3.8, 4) is 0 Å². The second-order valence-corrected chi connectivity index (χ2v) is 4.48. The number of aliphatic carboxylic acids is 1. The fourth-order valence-corrected chi connectivity index (χ4v) is 1.48. The lowest BCUT2D eigenvalue weighted by atomic mass is 9.95. The minimum Gasteiger partial charge on any atom is -0.480 e. The van der Waals surface area contributed by atoms with Crippen molar-refractivity contribution < 1.29 is 14.7 Å². The van der Waals surface area contributed by atoms with Crippen LogP contribution >= 0.6 is 0 Å². The van der Waals surface area contributed by atoms with Crippen LogP contribution in [0.1, 0.15) is 40.0 Å². The molecule has 0 rings (SSSR count). The van der Waals surface area contributed by atoms with Gasteiger partial charge in [-0.2, -0.15) is 0 Å². The van der Waals surface area contributed by atoms with Crippen molar-refractivity contribution in [3.05, 3.63) is 0 Å². The molecule has 0 aliphatic carbocycles. The summed E-state index contributed by atoms with van der Waals surface area (Å²) >= 11 is 0. The molecule has 5 nitrogen and oxygen atoms in total. The van der Waals surface area contributed by atoms with Gasteiger partial charge in [0.1, 0.15) is 5.54 Å². The second kappa shape index (κ2) is 6.48. The molecule has 1 amide bonds. The number of hydrogen-bond donors (Lipinski definition) is 3. The Bertz CT molecular complexity index is 256. The summed E-state index contributed by atoms with van der Waals surface area (Å²) in [6.45, 7) is 5.70. The van der Waals surface area contributed by atoms with Gasteiger partial charge in [-0.3, -0.25) is 4.79 Å². The summed E-state index contributed by atoms with van der Waals surface area (Å²) < 4.78 is 0. The van der Waals surface area contributed by atoms with Gasteiger partial charge in [0.2, 0.25) is 5.91 Å². The summed E-state index contributed by atoms with van der Waals surface area (Å²) in [6, 6.07) is 0. The van der Waals surface area contributed by atoms with Gasteiger partial charge in [0.05, 0.1) is 0 Å². The van der Waals surface area contributed by atoms with Gasteiger partial charge in [0, 0.05) is 6.42 Å². The third-order valence-electron chi connectivity index (χ3n) is 2.57. The van der Waals surface area contributed by atoms with E-state index in [1.54, 1.807) is 0 Å². The van der Waals surface area contributed by atoms with Crippen LogP contribution in [-0.4, -0.2) is 29.1 Å². The molecule has 5 heteroatoms. The lowest BCUT2D eigenvalue weighted by Crippen LogP contribution is -2.52. The van der Waals surface area contributed by atoms with Crippen LogP contribution in [0.3, 0.4) is 0 Å². The zero-order chi connectivity index (χ0) is 12.8. The van der Waals surface area contributed by atoms with E-state index >= 15 is 0 Å². The molecular weight excluding hydrogens is 208 g/mol. The van der Waals surface area contributed by atoms with Gasteiger partial charge in [-0.25, -0.2) is 4.79 Å². The first-order chi connectivity index (χ1) is 7.35. The monoisotopic (exact) mass is 230 g/mol. The quantitative estimate of drug-likeness (QED) is 0.601. The molecule has 16 heavy (non-hydrogen) atoms. The first kappa shape index (κ1) is 14.9. The maximum atomic E-state index is 11.6. The lowest BCUT2D eigenvalue weighted by molar-refractivity contribution is -0.147. The van der Waals surface area contributed by atoms with E-state index in [-0.39, 0.29) is 18.2 Å². The van der Waals surface area contributed by atoms with Gasteiger partial charge in [0.15, 0.2) is 0 Å². The number of carboxylic acids is 1. The second-order valence-electron chi connectivity index (χ2n) is 4.48. The lowest BCUT2D eigenvalue weighted by Gasteiger charge is -2.26. The standard InChI is InChI=1S/C11H22N2O3/c1-4-5-11(3,10(15)16)13-9(14)6-8(2)7-12/h8H,4-7,12H2,1-3H3,(H,13,14)(H,15,16). The SMILES string of the molecule is CCCC(C)(NC(=O)CC(C)CN)C(=O)O. The van der Waals surface area contributed by atoms with E-state index in [2.05, 4.69) is 5.32 Å². The number of nitrogens with two attached hydrogens (primary N) is 1. The normalized spacial score (nSPS) is 16.2. The number of carboxylic acid groups (broad SMARTS) is 1. The Balaban J connectivity index is 4.41. The van der Waals surface area contributed by atoms with Crippen LogP contribution in [0.15, 0.2) is 0 Å². The van der Waals surface area contributed by atoms with E-state index in [0.717, 1.165) is 0 Å². The maximum absolute atomic E-state index is 11.6. The third kappa shape index (κ3) is 4.61. The average Bonchev–Trinajstić information content (AvgIpc) is 2.17. The van der Waals surface area contributed by atoms with Crippen LogP contribution in [0.25, 0.3) is 0 Å². The molecule has 0 aromatic rings. The van der Waals surface area contributed by atoms with Crippen LogP contribution in [0.5, 0.6) is 0 Å². The minimum atomic E-state index is -1.17. The minimum absolute atomic E-state index is 0.0691. The van der Waals surface area contributed by atoms with Crippen LogP contribution < -0.4 is 11.1 Å². The Morgan fingerprint density at radius 3 is 2.44 bits per heavy atom. The van der Waals surface area contributed by atoms with Crippen LogP contribution in [-0.2, 0) is 9.59 Å². The van der Waals surface area contributed by atoms with Crippen molar-refractivity contribution in [2.24, 2.45) is 11.7 Å². The number of hydrogen-bond acceptors (Lipinski definition) is 3. The molecule has 0 saturated heterocycles. The molecule has 0 aromatic heterocycles. The van der Waals surface area contributed by atoms with Crippen molar-refractivity contribution in [2.45, 2.75) is 45.6 Å². The van der Waals surface area contributed by atoms with Crippen LogP contribution in [0.2, 0.25) is 0 Å². The highest BCUT2D eigenvalue weighted by Crippen LogP contribution is 2.13. The van der Waals surface area contributed by atoms with Gasteiger partial charge in [0.25, 0.3) is 0 Å². The van der Waals surface area contributed by atoms with Gasteiger partial charge in [-0.05, 0) is 25.8 Å². The van der Waals surface area contributed by atoms with Gasteiger partial charge in [-0.15, -0.1) is 0 Å². The van der Waals surface area contributed by atoms with Gasteiger partial charge >= 0.3 is 5.97 Å². The molecule has 0 aliphatic heterocycles. The molecule has 2 unspecified atom stereocenters. The molecule has 0 spiro atoms. The summed E-state index contributed by atoms with van der Waals surface area (Å²) in [4.78, 5) is 22.6. The first-order valence-electron chi connectivity index (χ1n) is 5.60. The van der Waals surface area contributed by atoms with E-state index in [1.807, 2.05) is 13.8 Å². The summed E-state index contributed by atoms with van der Waals surface area (Å²) in [6.07, 6.45) is 1.39. The predicted molar refractivity (Wildman–Crippen MR) is 61.9 cm³/mol. The smallest absolute Gasteiger partial charge is 0.329 e. The summed E-state index contributed by atoms with van der Waals surface area (Å²) in [5.74, 6) is -1.18. The molecule has 0 heterocycles. The van der Waals surface area contributed by atoms with Crippen molar-refractivity contribution in [3.63, 3.8) is 0 Å². The summed E-state index contributed by atoms with van der Waals surface area (Å²) in [5, 5.41) is 11.6. The zero-order valence-electron chi connectivity index (χ0n) is 10.2. The van der Waals surface area contributed by atoms with Crippen molar-refractivity contribution >= 4 is 11.9 Å². The van der Waals surface area contributed by atoms with Crippen molar-refractivity contribution in [1.82, 2.24) is 5.32 Å². The Morgan fingerprint density at radius 1 is 1.50 bits per heavy atom. The molecule has 0 aliphatic rings. The zero-order valence-corrected chi connectivity index (χ0v) is 10.2. The summed E-state index contributed by atoms with van der Waals surface area (Å²) in [5.41, 5.74) is 4.24. The van der Waals surface area contributed by atoms with Crippen molar-refractivity contribution in [1.29, 1.82) is 0 Å². The number of carbonyl (C=O) groups is 2. The highest BCUT2D eigenvalue weighted by atomic mass is 16.4. The van der Waals surface area contributed by atoms with E-state index in [1.165, 1.54) is 6.92 Å². The molecule has 0 radical (unpaired) electrons. The average molecular weight is 230 g/mol. The molecule has 0 fully saturated rings. The highest BCUT2D eigenvalue weighted by molar-refractivity contribution is 5.86. The molecule has 0 aromatic carbocycles. The van der Waals surface area contributed by atoms with Gasteiger partial charge < -0.3 is 16.2 Å². The topological polar surface area (TPSA) is 92.4 Å². The Morgan fingerprint density at radius 2 is 2.06 bits per heavy atom. The van der Waals surface area contributed by atoms with E-state index in [9.17, 15) is 9.59 Å². The first-order valence-corrected chi connectivity index (χ1v) is 5.60. The Hall–Kier alpha value is -1.10. The van der Waals surface area contributed by atoms with E-state index < -0.39 is 11.5 Å². The molecule has 4 N–H and O–H groups in total. The maximum Gasteiger partial charge on any atom is 0.329 e. The van der Waals surface area contributed by atoms with Gasteiger partial charge in [-0.1, -0.05) is 20.3 Å². The largest absolute Gasteiger partial charge is 0.480 e. The molecular formula is C11H22N2O3. The Kier molecular flexibility index (Phi) is 6.03. The fraction of sp³-hybridized carbons (Fsp3) is 0.818. The Labute approximate surface area is 96.4 Å². The molecule has 94 valence electrons. The fourth-order valence-electron chi connectivity index (χ4n) is 1.48. The molecule has 0 bridgehead atoms. The van der Waals surface area contributed by atoms with E-state index in [0.29, 0.717) is 19.4 Å². The van der Waals surface area contributed by atoms with Crippen LogP contribution in [0, 0.1) is 5.92 Å². The predicted octanol–water partition coefficient (Wildman–Crippen LogP) is 0.731. The number of carbonyl (C=O) groups excluding carboxylic acids is 1. The number of nitrogens with one attached hydrogen (secondary N) is 1.